The summed E-state index contributed by atoms with van der Waals surface area (Å²) < 4.78 is 5.79. The lowest BCUT2D eigenvalue weighted by Crippen LogP contribution is -2.30. The molecule has 1 aromatic heterocycles. The first-order valence-electron chi connectivity index (χ1n) is 5.63. The van der Waals surface area contributed by atoms with Gasteiger partial charge < -0.3 is 4.74 Å². The number of halogens is 1. The van der Waals surface area contributed by atoms with Crippen LogP contribution in [0.5, 0.6) is 0 Å². The summed E-state index contributed by atoms with van der Waals surface area (Å²) in [4.78, 5) is 12.4. The normalized spacial score (nSPS) is 12.4. The quantitative estimate of drug-likeness (QED) is 0.674. The maximum atomic E-state index is 11.5. The molecule has 0 fully saturated rings. The van der Waals surface area contributed by atoms with Crippen LogP contribution in [0.25, 0.3) is 0 Å². The van der Waals surface area contributed by atoms with Gasteiger partial charge in [0.25, 0.3) is 0 Å². The van der Waals surface area contributed by atoms with Gasteiger partial charge in [-0.25, -0.2) is 10.2 Å². The second-order valence-electron chi connectivity index (χ2n) is 4.63. The van der Waals surface area contributed by atoms with Crippen molar-refractivity contribution in [1.29, 1.82) is 0 Å². The van der Waals surface area contributed by atoms with Crippen LogP contribution in [0.1, 0.15) is 39.0 Å². The largest absolute Gasteiger partial charge is 0.443 e. The standard InChI is InChI=1S/C12H17ClN2O2S/c1-5-8(9-6-7-10(13)18-9)14-15-11(16)17-12(2,3)4/h6-7H,5H2,1-4H3,(H,15,16)/b14-8-. The van der Waals surface area contributed by atoms with Crippen molar-refractivity contribution >= 4 is 34.7 Å². The first-order valence-corrected chi connectivity index (χ1v) is 6.82. The second kappa shape index (κ2) is 6.20. The molecule has 0 atom stereocenters. The summed E-state index contributed by atoms with van der Waals surface area (Å²) in [6.45, 7) is 7.37. The van der Waals surface area contributed by atoms with E-state index in [1.165, 1.54) is 11.3 Å². The minimum absolute atomic E-state index is 0.530. The molecule has 6 heteroatoms. The molecule has 0 aliphatic carbocycles. The third kappa shape index (κ3) is 5.06. The van der Waals surface area contributed by atoms with Crippen molar-refractivity contribution < 1.29 is 9.53 Å². The molecule has 1 heterocycles. The second-order valence-corrected chi connectivity index (χ2v) is 6.34. The average Bonchev–Trinajstić information content (AvgIpc) is 2.63. The molecule has 100 valence electrons. The Hall–Kier alpha value is -1.07. The molecule has 1 N–H and O–H groups in total. The summed E-state index contributed by atoms with van der Waals surface area (Å²) in [6, 6.07) is 3.69. The van der Waals surface area contributed by atoms with E-state index in [1.54, 1.807) is 26.8 Å². The van der Waals surface area contributed by atoms with Gasteiger partial charge in [0.05, 0.1) is 14.9 Å². The van der Waals surface area contributed by atoms with Crippen LogP contribution in [-0.2, 0) is 4.74 Å². The van der Waals surface area contributed by atoms with Crippen LogP contribution < -0.4 is 5.43 Å². The Morgan fingerprint density at radius 3 is 2.61 bits per heavy atom. The number of nitrogens with one attached hydrogen (secondary N) is 1. The minimum atomic E-state index is -0.559. The molecule has 0 bridgehead atoms. The lowest BCUT2D eigenvalue weighted by Gasteiger charge is -2.18. The molecule has 1 rings (SSSR count). The van der Waals surface area contributed by atoms with E-state index in [9.17, 15) is 4.79 Å². The molecular weight excluding hydrogens is 272 g/mol. The van der Waals surface area contributed by atoms with Crippen molar-refractivity contribution in [1.82, 2.24) is 5.43 Å². The van der Waals surface area contributed by atoms with Crippen molar-refractivity contribution in [3.05, 3.63) is 21.3 Å². The van der Waals surface area contributed by atoms with Crippen molar-refractivity contribution in [3.8, 4) is 0 Å². The predicted octanol–water partition coefficient (Wildman–Crippen LogP) is 4.04. The molecule has 0 unspecified atom stereocenters. The highest BCUT2D eigenvalue weighted by atomic mass is 35.5. The number of amides is 1. The predicted molar refractivity (Wildman–Crippen MR) is 75.5 cm³/mol. The number of thiophene rings is 1. The first-order chi connectivity index (χ1) is 8.31. The van der Waals surface area contributed by atoms with Gasteiger partial charge in [0.1, 0.15) is 5.60 Å². The van der Waals surface area contributed by atoms with E-state index >= 15 is 0 Å². The van der Waals surface area contributed by atoms with Crippen LogP contribution in [-0.4, -0.2) is 17.4 Å². The summed E-state index contributed by atoms with van der Waals surface area (Å²) in [5.74, 6) is 0. The van der Waals surface area contributed by atoms with Crippen LogP contribution in [0, 0.1) is 0 Å². The van der Waals surface area contributed by atoms with E-state index in [4.69, 9.17) is 16.3 Å². The third-order valence-electron chi connectivity index (χ3n) is 1.87. The lowest BCUT2D eigenvalue weighted by atomic mass is 10.2. The van der Waals surface area contributed by atoms with Crippen molar-refractivity contribution in [2.45, 2.75) is 39.7 Å². The molecule has 4 nitrogen and oxygen atoms in total. The molecule has 0 radical (unpaired) electrons. The van der Waals surface area contributed by atoms with Crippen molar-refractivity contribution in [2.24, 2.45) is 5.10 Å². The number of hydrazone groups is 1. The fraction of sp³-hybridized carbons (Fsp3) is 0.500. The summed E-state index contributed by atoms with van der Waals surface area (Å²) in [6.07, 6.45) is 0.142. The maximum Gasteiger partial charge on any atom is 0.428 e. The maximum absolute atomic E-state index is 11.5. The molecule has 0 aliphatic heterocycles. The van der Waals surface area contributed by atoms with E-state index in [0.29, 0.717) is 10.8 Å². The van der Waals surface area contributed by atoms with Gasteiger partial charge in [-0.15, -0.1) is 11.3 Å². The van der Waals surface area contributed by atoms with Crippen molar-refractivity contribution in [3.63, 3.8) is 0 Å². The Balaban J connectivity index is 2.67. The van der Waals surface area contributed by atoms with Gasteiger partial charge in [-0.2, -0.15) is 5.10 Å². The lowest BCUT2D eigenvalue weighted by molar-refractivity contribution is 0.0529. The highest BCUT2D eigenvalue weighted by Crippen LogP contribution is 2.22. The summed E-state index contributed by atoms with van der Waals surface area (Å²) in [5, 5.41) is 4.05. The topological polar surface area (TPSA) is 50.7 Å². The van der Waals surface area contributed by atoms with Crippen LogP contribution in [0.3, 0.4) is 0 Å². The molecule has 0 spiro atoms. The number of nitrogens with zero attached hydrogens (tertiary/aromatic N) is 1. The smallest absolute Gasteiger partial charge is 0.428 e. The van der Waals surface area contributed by atoms with Gasteiger partial charge in [0, 0.05) is 0 Å². The molecule has 0 aliphatic rings. The fourth-order valence-electron chi connectivity index (χ4n) is 1.19. The monoisotopic (exact) mass is 288 g/mol. The van der Waals surface area contributed by atoms with E-state index in [0.717, 1.165) is 10.6 Å². The van der Waals surface area contributed by atoms with Crippen LogP contribution in [0.15, 0.2) is 17.2 Å². The number of hydrogen-bond acceptors (Lipinski definition) is 4. The number of hydrogen-bond donors (Lipinski definition) is 1. The number of carbonyl (C=O) groups is 1. The summed E-state index contributed by atoms with van der Waals surface area (Å²) in [7, 11) is 0. The summed E-state index contributed by atoms with van der Waals surface area (Å²) >= 11 is 7.29. The van der Waals surface area contributed by atoms with Crippen LogP contribution >= 0.6 is 22.9 Å². The van der Waals surface area contributed by atoms with E-state index in [-0.39, 0.29) is 0 Å². The zero-order valence-corrected chi connectivity index (χ0v) is 12.5. The zero-order chi connectivity index (χ0) is 13.8. The minimum Gasteiger partial charge on any atom is -0.443 e. The molecular formula is C12H17ClN2O2S. The molecule has 0 saturated carbocycles. The summed E-state index contributed by atoms with van der Waals surface area (Å²) in [5.41, 5.74) is 2.63. The number of rotatable bonds is 3. The van der Waals surface area contributed by atoms with Crippen LogP contribution in [0.4, 0.5) is 4.79 Å². The molecule has 0 aromatic carbocycles. The van der Waals surface area contributed by atoms with Gasteiger partial charge in [-0.05, 0) is 39.3 Å². The Morgan fingerprint density at radius 2 is 2.17 bits per heavy atom. The molecule has 0 saturated heterocycles. The average molecular weight is 289 g/mol. The van der Waals surface area contributed by atoms with E-state index in [1.807, 2.05) is 13.0 Å². The van der Waals surface area contributed by atoms with Gasteiger partial charge in [0.2, 0.25) is 0 Å². The van der Waals surface area contributed by atoms with Gasteiger partial charge >= 0.3 is 6.09 Å². The first kappa shape index (κ1) is 15.0. The van der Waals surface area contributed by atoms with Crippen molar-refractivity contribution in [2.75, 3.05) is 0 Å². The van der Waals surface area contributed by atoms with E-state index in [2.05, 4.69) is 10.5 Å². The van der Waals surface area contributed by atoms with Crippen LogP contribution in [0.2, 0.25) is 4.34 Å². The highest BCUT2D eigenvalue weighted by molar-refractivity contribution is 7.18. The molecule has 1 amide bonds. The number of ether oxygens (including phenoxy) is 1. The Kier molecular flexibility index (Phi) is 5.16. The van der Waals surface area contributed by atoms with E-state index < -0.39 is 11.7 Å². The van der Waals surface area contributed by atoms with Gasteiger partial charge in [0.15, 0.2) is 0 Å². The Bertz CT molecular complexity index is 449. The fourth-order valence-corrected chi connectivity index (χ4v) is 2.29. The highest BCUT2D eigenvalue weighted by Gasteiger charge is 2.16. The Morgan fingerprint density at radius 1 is 1.50 bits per heavy atom. The van der Waals surface area contributed by atoms with Gasteiger partial charge in [-0.3, -0.25) is 0 Å². The van der Waals surface area contributed by atoms with Gasteiger partial charge in [-0.1, -0.05) is 18.5 Å². The SMILES string of the molecule is CC/C(=N/NC(=O)OC(C)(C)C)c1ccc(Cl)s1. The zero-order valence-electron chi connectivity index (χ0n) is 10.9. The third-order valence-corrected chi connectivity index (χ3v) is 3.15. The Labute approximate surface area is 116 Å². The molecule has 18 heavy (non-hydrogen) atoms. The molecule has 1 aromatic rings. The number of carbonyl (C=O) groups excluding carboxylic acids is 1.